The summed E-state index contributed by atoms with van der Waals surface area (Å²) in [5.74, 6) is 0.283. The Morgan fingerprint density at radius 2 is 1.94 bits per heavy atom. The molecule has 1 aliphatic rings. The number of rotatable bonds is 5. The lowest BCUT2D eigenvalue weighted by atomic mass is 9.67. The Bertz CT molecular complexity index is 351. The molecule has 1 aromatic carbocycles. The fourth-order valence-corrected chi connectivity index (χ4v) is 3.27. The molecule has 0 amide bonds. The highest BCUT2D eigenvalue weighted by Crippen LogP contribution is 2.40. The zero-order valence-electron chi connectivity index (χ0n) is 11.4. The van der Waals surface area contributed by atoms with Gasteiger partial charge in [0.2, 0.25) is 0 Å². The Hall–Kier alpha value is -0.860. The summed E-state index contributed by atoms with van der Waals surface area (Å²) in [6.07, 6.45) is 2.60. The Kier molecular flexibility index (Phi) is 4.41. The molecule has 0 aliphatic carbocycles. The summed E-state index contributed by atoms with van der Waals surface area (Å²) in [6.45, 7) is 5.85. The first-order valence-electron chi connectivity index (χ1n) is 7.06. The van der Waals surface area contributed by atoms with Gasteiger partial charge in [-0.2, -0.15) is 0 Å². The third kappa shape index (κ3) is 2.32. The molecule has 18 heavy (non-hydrogen) atoms. The Balaban J connectivity index is 2.30. The molecule has 0 aromatic heterocycles. The maximum absolute atomic E-state index is 10.8. The first-order valence-corrected chi connectivity index (χ1v) is 7.06. The van der Waals surface area contributed by atoms with E-state index in [4.69, 9.17) is 4.74 Å². The largest absolute Gasteiger partial charge is 0.392 e. The number of hydrogen-bond donors (Lipinski definition) is 1. The predicted molar refractivity (Wildman–Crippen MR) is 73.6 cm³/mol. The van der Waals surface area contributed by atoms with E-state index in [9.17, 15) is 5.11 Å². The van der Waals surface area contributed by atoms with Crippen molar-refractivity contribution in [2.24, 2.45) is 5.92 Å². The Morgan fingerprint density at radius 1 is 1.28 bits per heavy atom. The van der Waals surface area contributed by atoms with Gasteiger partial charge in [-0.1, -0.05) is 44.2 Å². The first kappa shape index (κ1) is 13.6. The molecule has 2 unspecified atom stereocenters. The van der Waals surface area contributed by atoms with Gasteiger partial charge in [0.05, 0.1) is 12.7 Å². The van der Waals surface area contributed by atoms with Crippen molar-refractivity contribution in [3.05, 3.63) is 35.9 Å². The molecule has 1 saturated heterocycles. The molecule has 2 heteroatoms. The third-order valence-corrected chi connectivity index (χ3v) is 4.59. The van der Waals surface area contributed by atoms with Gasteiger partial charge in [-0.25, -0.2) is 0 Å². The van der Waals surface area contributed by atoms with Crippen LogP contribution >= 0.6 is 0 Å². The molecule has 1 N–H and O–H groups in total. The van der Waals surface area contributed by atoms with Gasteiger partial charge in [0.15, 0.2) is 0 Å². The quantitative estimate of drug-likeness (QED) is 0.867. The summed E-state index contributed by atoms with van der Waals surface area (Å²) in [4.78, 5) is 0. The minimum atomic E-state index is -0.308. The van der Waals surface area contributed by atoms with Crippen LogP contribution in [0.25, 0.3) is 0 Å². The van der Waals surface area contributed by atoms with Crippen LogP contribution < -0.4 is 0 Å². The molecule has 0 spiro atoms. The van der Waals surface area contributed by atoms with Gasteiger partial charge in [-0.15, -0.1) is 0 Å². The molecule has 2 nitrogen and oxygen atoms in total. The van der Waals surface area contributed by atoms with E-state index in [2.05, 4.69) is 38.1 Å². The first-order chi connectivity index (χ1) is 8.74. The van der Waals surface area contributed by atoms with Gasteiger partial charge in [-0.3, -0.25) is 0 Å². The molecule has 100 valence electrons. The van der Waals surface area contributed by atoms with E-state index in [-0.39, 0.29) is 17.4 Å². The van der Waals surface area contributed by atoms with Crippen LogP contribution in [0.5, 0.6) is 0 Å². The standard InChI is InChI=1S/C16H24O2/c1-3-16(4-2,14-8-6-5-7-9-14)15(17)13-10-11-18-12-13/h5-9,13,15,17H,3-4,10-12H2,1-2H3. The molecule has 1 heterocycles. The lowest BCUT2D eigenvalue weighted by Crippen LogP contribution is -2.43. The maximum Gasteiger partial charge on any atom is 0.0687 e. The highest BCUT2D eigenvalue weighted by Gasteiger charge is 2.41. The molecule has 0 saturated carbocycles. The fraction of sp³-hybridized carbons (Fsp3) is 0.625. The lowest BCUT2D eigenvalue weighted by molar-refractivity contribution is 0.0171. The van der Waals surface area contributed by atoms with E-state index in [1.807, 2.05) is 6.07 Å². The molecule has 0 radical (unpaired) electrons. The van der Waals surface area contributed by atoms with Gasteiger partial charge < -0.3 is 9.84 Å². The number of ether oxygens (including phenoxy) is 1. The van der Waals surface area contributed by atoms with Gasteiger partial charge in [0.1, 0.15) is 0 Å². The number of aliphatic hydroxyl groups excluding tert-OH is 1. The average molecular weight is 248 g/mol. The number of hydrogen-bond acceptors (Lipinski definition) is 2. The summed E-state index contributed by atoms with van der Waals surface area (Å²) in [6, 6.07) is 10.4. The van der Waals surface area contributed by atoms with E-state index < -0.39 is 0 Å². The van der Waals surface area contributed by atoms with Crippen molar-refractivity contribution in [2.45, 2.75) is 44.6 Å². The summed E-state index contributed by atoms with van der Waals surface area (Å²) >= 11 is 0. The third-order valence-electron chi connectivity index (χ3n) is 4.59. The van der Waals surface area contributed by atoms with Crippen LogP contribution in [0, 0.1) is 5.92 Å². The van der Waals surface area contributed by atoms with Crippen LogP contribution in [0.4, 0.5) is 0 Å². The van der Waals surface area contributed by atoms with E-state index in [0.717, 1.165) is 25.9 Å². The van der Waals surface area contributed by atoms with E-state index in [0.29, 0.717) is 6.61 Å². The van der Waals surface area contributed by atoms with Crippen molar-refractivity contribution in [1.29, 1.82) is 0 Å². The smallest absolute Gasteiger partial charge is 0.0687 e. The average Bonchev–Trinajstić information content (AvgIpc) is 2.96. The van der Waals surface area contributed by atoms with Gasteiger partial charge >= 0.3 is 0 Å². The van der Waals surface area contributed by atoms with E-state index in [1.54, 1.807) is 0 Å². The van der Waals surface area contributed by atoms with Crippen LogP contribution in [0.2, 0.25) is 0 Å². The topological polar surface area (TPSA) is 29.5 Å². The van der Waals surface area contributed by atoms with Gasteiger partial charge in [0.25, 0.3) is 0 Å². The van der Waals surface area contributed by atoms with Crippen molar-refractivity contribution < 1.29 is 9.84 Å². The highest BCUT2D eigenvalue weighted by molar-refractivity contribution is 5.27. The van der Waals surface area contributed by atoms with Crippen LogP contribution in [-0.4, -0.2) is 24.4 Å². The van der Waals surface area contributed by atoms with E-state index in [1.165, 1.54) is 5.56 Å². The van der Waals surface area contributed by atoms with Crippen molar-refractivity contribution >= 4 is 0 Å². The zero-order chi connectivity index (χ0) is 13.0. The zero-order valence-corrected chi connectivity index (χ0v) is 11.4. The molecule has 2 rings (SSSR count). The number of benzene rings is 1. The SMILES string of the molecule is CCC(CC)(c1ccccc1)C(O)C1CCOC1. The predicted octanol–water partition coefficient (Wildman–Crippen LogP) is 3.14. The molecule has 2 atom stereocenters. The summed E-state index contributed by atoms with van der Waals surface area (Å²) < 4.78 is 5.44. The molecule has 0 bridgehead atoms. The summed E-state index contributed by atoms with van der Waals surface area (Å²) in [5, 5.41) is 10.8. The van der Waals surface area contributed by atoms with Gasteiger partial charge in [-0.05, 0) is 24.8 Å². The molecule has 1 aromatic rings. The van der Waals surface area contributed by atoms with Crippen LogP contribution in [0.15, 0.2) is 30.3 Å². The van der Waals surface area contributed by atoms with Crippen LogP contribution in [0.3, 0.4) is 0 Å². The number of aliphatic hydroxyl groups is 1. The fourth-order valence-electron chi connectivity index (χ4n) is 3.27. The van der Waals surface area contributed by atoms with Crippen molar-refractivity contribution in [1.82, 2.24) is 0 Å². The van der Waals surface area contributed by atoms with Crippen molar-refractivity contribution in [3.8, 4) is 0 Å². The summed E-state index contributed by atoms with van der Waals surface area (Å²) in [7, 11) is 0. The second-order valence-electron chi connectivity index (χ2n) is 5.30. The van der Waals surface area contributed by atoms with Gasteiger partial charge in [0, 0.05) is 17.9 Å². The Labute approximate surface area is 110 Å². The van der Waals surface area contributed by atoms with Crippen LogP contribution in [0.1, 0.15) is 38.7 Å². The highest BCUT2D eigenvalue weighted by atomic mass is 16.5. The minimum Gasteiger partial charge on any atom is -0.392 e. The normalized spacial score (nSPS) is 22.1. The summed E-state index contributed by atoms with van der Waals surface area (Å²) in [5.41, 5.74) is 1.13. The maximum atomic E-state index is 10.8. The minimum absolute atomic E-state index is 0.125. The molecule has 1 fully saturated rings. The van der Waals surface area contributed by atoms with Crippen molar-refractivity contribution in [2.75, 3.05) is 13.2 Å². The monoisotopic (exact) mass is 248 g/mol. The molecule has 1 aliphatic heterocycles. The lowest BCUT2D eigenvalue weighted by Gasteiger charge is -2.40. The second kappa shape index (κ2) is 5.85. The van der Waals surface area contributed by atoms with E-state index >= 15 is 0 Å². The molecular formula is C16H24O2. The Morgan fingerprint density at radius 3 is 2.44 bits per heavy atom. The van der Waals surface area contributed by atoms with Crippen molar-refractivity contribution in [3.63, 3.8) is 0 Å². The molecular weight excluding hydrogens is 224 g/mol. The van der Waals surface area contributed by atoms with Crippen LogP contribution in [-0.2, 0) is 10.2 Å². The second-order valence-corrected chi connectivity index (χ2v) is 5.30.